The van der Waals surface area contributed by atoms with Crippen LogP contribution in [0.1, 0.15) is 38.3 Å². The highest BCUT2D eigenvalue weighted by atomic mass is 16.6. The van der Waals surface area contributed by atoms with Gasteiger partial charge in [-0.2, -0.15) is 0 Å². The molecule has 0 spiro atoms. The van der Waals surface area contributed by atoms with Gasteiger partial charge in [0.15, 0.2) is 0 Å². The maximum absolute atomic E-state index is 12.9. The van der Waals surface area contributed by atoms with Crippen molar-refractivity contribution in [2.45, 2.75) is 38.8 Å². The number of aromatic nitrogens is 2. The molecule has 2 aromatic carbocycles. The van der Waals surface area contributed by atoms with Gasteiger partial charge in [-0.1, -0.05) is 32.0 Å². The Hall–Kier alpha value is -3.13. The molecule has 0 radical (unpaired) electrons. The van der Waals surface area contributed by atoms with Crippen LogP contribution in [0, 0.1) is 11.3 Å². The number of rotatable bonds is 3. The Morgan fingerprint density at radius 3 is 2.64 bits per heavy atom. The predicted molar refractivity (Wildman–Crippen MR) is 122 cm³/mol. The number of piperidine rings is 3. The minimum Gasteiger partial charge on any atom is -0.493 e. The van der Waals surface area contributed by atoms with E-state index < -0.39 is 0 Å². The number of amides is 1. The van der Waals surface area contributed by atoms with Crippen molar-refractivity contribution in [3.8, 4) is 16.9 Å². The summed E-state index contributed by atoms with van der Waals surface area (Å²) in [5.41, 5.74) is 4.13. The van der Waals surface area contributed by atoms with Crippen LogP contribution in [0.25, 0.3) is 22.2 Å². The van der Waals surface area contributed by atoms with E-state index in [0.717, 1.165) is 60.4 Å². The van der Waals surface area contributed by atoms with Gasteiger partial charge < -0.3 is 14.8 Å². The molecule has 0 aliphatic carbocycles. The van der Waals surface area contributed by atoms with Gasteiger partial charge in [0.25, 0.3) is 0 Å². The minimum atomic E-state index is -0.340. The first-order valence-electron chi connectivity index (χ1n) is 11.7. The second-order valence-corrected chi connectivity index (χ2v) is 10.2. The number of alkyl carbamates (subject to hydrolysis) is 1. The average Bonchev–Trinajstić information content (AvgIpc) is 3.29. The number of ether oxygens (including phenoxy) is 2. The van der Waals surface area contributed by atoms with Gasteiger partial charge in [-0.25, -0.2) is 9.42 Å². The van der Waals surface area contributed by atoms with Crippen molar-refractivity contribution in [1.29, 1.82) is 0 Å². The first-order valence-corrected chi connectivity index (χ1v) is 11.7. The summed E-state index contributed by atoms with van der Waals surface area (Å²) in [6.45, 7) is 7.80. The number of fused-ring (bicyclic) bond motifs is 5. The van der Waals surface area contributed by atoms with Gasteiger partial charge in [0.1, 0.15) is 22.9 Å². The smallest absolute Gasteiger partial charge is 0.407 e. The molecule has 33 heavy (non-hydrogen) atoms. The van der Waals surface area contributed by atoms with Crippen LogP contribution in [-0.4, -0.2) is 53.7 Å². The highest BCUT2D eigenvalue weighted by Crippen LogP contribution is 2.44. The second-order valence-electron chi connectivity index (χ2n) is 10.2. The molecule has 8 nitrogen and oxygen atoms in total. The molecule has 3 saturated heterocycles. The molecule has 1 amide bonds. The fourth-order valence-corrected chi connectivity index (χ4v) is 5.41. The number of nitrogens with zero attached hydrogens (tertiary/aromatic N) is 3. The SMILES string of the molecule is CC1(C)COc2cc(-c3ccc4nonc4c3)ccc2C1NC(=O)O[C@H]1CN2CCC1CC2. The standard InChI is InChI=1S/C25H28N4O4/c1-25(2)14-31-21-12-17(16-4-6-19-20(11-16)28-33-27-19)3-5-18(21)23(25)26-24(30)32-22-13-29-9-7-15(22)8-10-29/h3-6,11-12,15,22-23H,7-10,13-14H2,1-2H3,(H,26,30)/t22-,23?/m0/s1. The van der Waals surface area contributed by atoms with E-state index in [4.69, 9.17) is 14.1 Å². The monoisotopic (exact) mass is 448 g/mol. The number of benzene rings is 2. The molecule has 3 aromatic rings. The van der Waals surface area contributed by atoms with Crippen molar-refractivity contribution >= 4 is 17.1 Å². The molecule has 1 unspecified atom stereocenters. The zero-order chi connectivity index (χ0) is 22.6. The Morgan fingerprint density at radius 2 is 1.85 bits per heavy atom. The molecular formula is C25H28N4O4. The fourth-order valence-electron chi connectivity index (χ4n) is 5.41. The third-order valence-electron chi connectivity index (χ3n) is 7.41. The van der Waals surface area contributed by atoms with E-state index in [2.05, 4.69) is 34.4 Å². The summed E-state index contributed by atoms with van der Waals surface area (Å²) in [7, 11) is 0. The largest absolute Gasteiger partial charge is 0.493 e. The summed E-state index contributed by atoms with van der Waals surface area (Å²) in [5.74, 6) is 1.26. The molecule has 1 N–H and O–H groups in total. The molecule has 7 rings (SSSR count). The summed E-state index contributed by atoms with van der Waals surface area (Å²) < 4.78 is 16.8. The molecule has 4 aliphatic rings. The third kappa shape index (κ3) is 3.72. The summed E-state index contributed by atoms with van der Waals surface area (Å²) in [6, 6.07) is 11.7. The lowest BCUT2D eigenvalue weighted by Crippen LogP contribution is -2.53. The number of hydrogen-bond acceptors (Lipinski definition) is 7. The number of carbonyl (C=O) groups is 1. The second kappa shape index (κ2) is 7.73. The third-order valence-corrected chi connectivity index (χ3v) is 7.41. The zero-order valence-electron chi connectivity index (χ0n) is 18.9. The lowest BCUT2D eigenvalue weighted by atomic mass is 9.78. The number of hydrogen-bond donors (Lipinski definition) is 1. The van der Waals surface area contributed by atoms with Gasteiger partial charge in [-0.3, -0.25) is 4.90 Å². The van der Waals surface area contributed by atoms with Crippen molar-refractivity contribution in [3.05, 3.63) is 42.0 Å². The van der Waals surface area contributed by atoms with Gasteiger partial charge in [0, 0.05) is 17.5 Å². The average molecular weight is 449 g/mol. The lowest BCUT2D eigenvalue weighted by Gasteiger charge is -2.44. The topological polar surface area (TPSA) is 89.7 Å². The first-order chi connectivity index (χ1) is 16.0. The molecule has 8 heteroatoms. The molecule has 172 valence electrons. The van der Waals surface area contributed by atoms with Gasteiger partial charge in [0.2, 0.25) is 0 Å². The van der Waals surface area contributed by atoms with E-state index in [1.54, 1.807) is 0 Å². The van der Waals surface area contributed by atoms with Crippen LogP contribution >= 0.6 is 0 Å². The van der Waals surface area contributed by atoms with Crippen molar-refractivity contribution in [3.63, 3.8) is 0 Å². The quantitative estimate of drug-likeness (QED) is 0.643. The maximum Gasteiger partial charge on any atom is 0.407 e. The number of carbonyl (C=O) groups excluding carboxylic acids is 1. The highest BCUT2D eigenvalue weighted by molar-refractivity contribution is 5.81. The Kier molecular flexibility index (Phi) is 4.79. The van der Waals surface area contributed by atoms with Crippen molar-refractivity contribution in [2.24, 2.45) is 11.3 Å². The summed E-state index contributed by atoms with van der Waals surface area (Å²) >= 11 is 0. The van der Waals surface area contributed by atoms with Crippen LogP contribution in [0.15, 0.2) is 41.0 Å². The van der Waals surface area contributed by atoms with Crippen LogP contribution in [0.2, 0.25) is 0 Å². The van der Waals surface area contributed by atoms with E-state index >= 15 is 0 Å². The summed E-state index contributed by atoms with van der Waals surface area (Å²) in [5, 5.41) is 11.0. The molecule has 2 bridgehead atoms. The van der Waals surface area contributed by atoms with Gasteiger partial charge in [-0.15, -0.1) is 0 Å². The molecular weight excluding hydrogens is 420 g/mol. The fraction of sp³-hybridized carbons (Fsp3) is 0.480. The Morgan fingerprint density at radius 1 is 1.09 bits per heavy atom. The van der Waals surface area contributed by atoms with Crippen molar-refractivity contribution in [1.82, 2.24) is 20.5 Å². The van der Waals surface area contributed by atoms with Crippen molar-refractivity contribution in [2.75, 3.05) is 26.2 Å². The van der Waals surface area contributed by atoms with Gasteiger partial charge in [0.05, 0.1) is 12.6 Å². The summed E-state index contributed by atoms with van der Waals surface area (Å²) in [4.78, 5) is 15.3. The zero-order valence-corrected chi connectivity index (χ0v) is 18.9. The van der Waals surface area contributed by atoms with Crippen LogP contribution in [0.5, 0.6) is 5.75 Å². The minimum absolute atomic E-state index is 0.0155. The highest BCUT2D eigenvalue weighted by Gasteiger charge is 2.41. The molecule has 3 fully saturated rings. The molecule has 5 heterocycles. The van der Waals surface area contributed by atoms with E-state index in [9.17, 15) is 4.79 Å². The maximum atomic E-state index is 12.9. The predicted octanol–water partition coefficient (Wildman–Crippen LogP) is 4.17. The van der Waals surface area contributed by atoms with Gasteiger partial charge >= 0.3 is 6.09 Å². The van der Waals surface area contributed by atoms with E-state index in [-0.39, 0.29) is 23.7 Å². The van der Waals surface area contributed by atoms with Crippen LogP contribution in [0.3, 0.4) is 0 Å². The Bertz CT molecular complexity index is 1200. The Balaban J connectivity index is 1.23. The number of nitrogens with one attached hydrogen (secondary N) is 1. The lowest BCUT2D eigenvalue weighted by molar-refractivity contribution is -0.0361. The molecule has 4 aliphatic heterocycles. The molecule has 1 aromatic heterocycles. The van der Waals surface area contributed by atoms with E-state index in [0.29, 0.717) is 18.0 Å². The van der Waals surface area contributed by atoms with E-state index in [1.807, 2.05) is 36.4 Å². The molecule has 2 atom stereocenters. The summed E-state index contributed by atoms with van der Waals surface area (Å²) in [6.07, 6.45) is 1.87. The normalized spacial score (nSPS) is 27.6. The Labute approximate surface area is 192 Å². The van der Waals surface area contributed by atoms with Crippen LogP contribution < -0.4 is 10.1 Å². The molecule has 0 saturated carbocycles. The van der Waals surface area contributed by atoms with Crippen LogP contribution in [-0.2, 0) is 4.74 Å². The van der Waals surface area contributed by atoms with Gasteiger partial charge in [-0.05, 0) is 71.5 Å². The van der Waals surface area contributed by atoms with E-state index in [1.165, 1.54) is 0 Å². The van der Waals surface area contributed by atoms with Crippen LogP contribution in [0.4, 0.5) is 4.79 Å². The van der Waals surface area contributed by atoms with Crippen molar-refractivity contribution < 1.29 is 18.9 Å². The first kappa shape index (κ1) is 20.5.